The summed E-state index contributed by atoms with van der Waals surface area (Å²) < 4.78 is 7.87. The summed E-state index contributed by atoms with van der Waals surface area (Å²) in [6.45, 7) is 3.49. The predicted octanol–water partition coefficient (Wildman–Crippen LogP) is 3.97. The molecule has 0 unspecified atom stereocenters. The van der Waals surface area contributed by atoms with Crippen LogP contribution in [-0.2, 0) is 11.2 Å². The highest BCUT2D eigenvalue weighted by Gasteiger charge is 2.37. The van der Waals surface area contributed by atoms with Crippen LogP contribution >= 0.6 is 0 Å². The van der Waals surface area contributed by atoms with Crippen LogP contribution in [0.1, 0.15) is 24.5 Å². The molecule has 2 aromatic carbocycles. The van der Waals surface area contributed by atoms with Crippen LogP contribution in [0.3, 0.4) is 0 Å². The summed E-state index contributed by atoms with van der Waals surface area (Å²) in [5, 5.41) is 4.60. The van der Waals surface area contributed by atoms with Crippen molar-refractivity contribution in [2.24, 2.45) is 9.98 Å². The van der Waals surface area contributed by atoms with Crippen molar-refractivity contribution in [3.8, 4) is 5.69 Å². The number of ether oxygens (including phenoxy) is 1. The molecule has 6 nitrogen and oxygen atoms in total. The first kappa shape index (κ1) is 17.7. The highest BCUT2D eigenvalue weighted by Crippen LogP contribution is 2.32. The maximum Gasteiger partial charge on any atom is 0.300 e. The van der Waals surface area contributed by atoms with E-state index in [2.05, 4.69) is 41.2 Å². The number of aromatic nitrogens is 2. The summed E-state index contributed by atoms with van der Waals surface area (Å²) in [5.41, 5.74) is 3.21. The zero-order chi connectivity index (χ0) is 19.6. The average molecular weight is 385 g/mol. The normalized spacial score (nSPS) is 17.4. The van der Waals surface area contributed by atoms with Gasteiger partial charge in [0.25, 0.3) is 6.02 Å². The lowest BCUT2D eigenvalue weighted by atomic mass is 10.1. The van der Waals surface area contributed by atoms with Crippen molar-refractivity contribution in [1.29, 1.82) is 0 Å². The Kier molecular flexibility index (Phi) is 4.60. The highest BCUT2D eigenvalue weighted by molar-refractivity contribution is 6.14. The molecule has 0 amide bonds. The first-order valence-electron chi connectivity index (χ1n) is 10.1. The van der Waals surface area contributed by atoms with Gasteiger partial charge in [-0.25, -0.2) is 4.68 Å². The van der Waals surface area contributed by atoms with Crippen molar-refractivity contribution in [3.63, 3.8) is 0 Å². The van der Waals surface area contributed by atoms with E-state index in [1.165, 1.54) is 5.56 Å². The quantitative estimate of drug-likeness (QED) is 0.668. The van der Waals surface area contributed by atoms with Gasteiger partial charge in [0.1, 0.15) is 5.84 Å². The van der Waals surface area contributed by atoms with Crippen LogP contribution in [0, 0.1) is 0 Å². The van der Waals surface area contributed by atoms with Gasteiger partial charge in [0.05, 0.1) is 36.6 Å². The van der Waals surface area contributed by atoms with E-state index in [9.17, 15) is 0 Å². The predicted molar refractivity (Wildman–Crippen MR) is 114 cm³/mol. The first-order chi connectivity index (χ1) is 14.3. The number of benzene rings is 2. The Morgan fingerprint density at radius 3 is 2.55 bits per heavy atom. The largest absolute Gasteiger partial charge is 0.465 e. The molecule has 0 aliphatic carbocycles. The number of aliphatic imine (C=N–C) groups is 2. The van der Waals surface area contributed by atoms with E-state index in [0.29, 0.717) is 12.6 Å². The summed E-state index contributed by atoms with van der Waals surface area (Å²) in [6.07, 6.45) is 3.68. The Labute approximate surface area is 170 Å². The van der Waals surface area contributed by atoms with Gasteiger partial charge in [-0.05, 0) is 30.5 Å². The molecule has 2 aliphatic heterocycles. The van der Waals surface area contributed by atoms with Crippen LogP contribution in [0.15, 0.2) is 76.8 Å². The van der Waals surface area contributed by atoms with E-state index in [1.54, 1.807) is 0 Å². The molecule has 29 heavy (non-hydrogen) atoms. The minimum Gasteiger partial charge on any atom is -0.465 e. The molecule has 1 aromatic heterocycles. The number of amidine groups is 2. The average Bonchev–Trinajstić information content (AvgIpc) is 3.37. The van der Waals surface area contributed by atoms with Crippen LogP contribution < -0.4 is 0 Å². The number of para-hydroxylation sites is 1. The monoisotopic (exact) mass is 385 g/mol. The molecule has 0 bridgehead atoms. The van der Waals surface area contributed by atoms with E-state index in [-0.39, 0.29) is 6.04 Å². The van der Waals surface area contributed by atoms with E-state index >= 15 is 0 Å². The van der Waals surface area contributed by atoms with Crippen LogP contribution in [0.5, 0.6) is 0 Å². The van der Waals surface area contributed by atoms with Gasteiger partial charge in [-0.15, -0.1) is 0 Å². The van der Waals surface area contributed by atoms with E-state index in [4.69, 9.17) is 14.7 Å². The lowest BCUT2D eigenvalue weighted by Gasteiger charge is -2.25. The fraction of sp³-hybridized carbons (Fsp3) is 0.261. The molecule has 6 heteroatoms. The van der Waals surface area contributed by atoms with Crippen molar-refractivity contribution in [3.05, 3.63) is 78.0 Å². The van der Waals surface area contributed by atoms with Gasteiger partial charge >= 0.3 is 0 Å². The zero-order valence-corrected chi connectivity index (χ0v) is 16.4. The molecule has 2 aliphatic rings. The molecule has 0 saturated carbocycles. The van der Waals surface area contributed by atoms with Gasteiger partial charge < -0.3 is 4.74 Å². The Bertz CT molecular complexity index is 1060. The molecule has 3 aromatic rings. The van der Waals surface area contributed by atoms with Crippen LogP contribution in [-0.4, -0.2) is 45.7 Å². The van der Waals surface area contributed by atoms with Gasteiger partial charge in [-0.1, -0.05) is 55.5 Å². The zero-order valence-electron chi connectivity index (χ0n) is 16.4. The van der Waals surface area contributed by atoms with Gasteiger partial charge in [0, 0.05) is 0 Å². The van der Waals surface area contributed by atoms with Crippen LogP contribution in [0.4, 0.5) is 5.82 Å². The molecule has 1 atom stereocenters. The topological polar surface area (TPSA) is 55.0 Å². The molecule has 146 valence electrons. The summed E-state index contributed by atoms with van der Waals surface area (Å²) in [5.74, 6) is 1.68. The Morgan fingerprint density at radius 1 is 1.03 bits per heavy atom. The van der Waals surface area contributed by atoms with Gasteiger partial charge in [-0.2, -0.15) is 10.1 Å². The Balaban J connectivity index is 1.53. The van der Waals surface area contributed by atoms with E-state index in [1.807, 2.05) is 47.3 Å². The Hall–Kier alpha value is -3.41. The Morgan fingerprint density at radius 2 is 1.79 bits per heavy atom. The maximum absolute atomic E-state index is 6.02. The summed E-state index contributed by atoms with van der Waals surface area (Å²) in [4.78, 5) is 12.0. The summed E-state index contributed by atoms with van der Waals surface area (Å²) >= 11 is 0. The molecular weight excluding hydrogens is 362 g/mol. The number of hydrogen-bond acceptors (Lipinski definition) is 5. The molecule has 0 radical (unpaired) electrons. The minimum absolute atomic E-state index is 0.161. The van der Waals surface area contributed by atoms with E-state index < -0.39 is 0 Å². The van der Waals surface area contributed by atoms with Crippen molar-refractivity contribution < 1.29 is 4.74 Å². The third-order valence-electron chi connectivity index (χ3n) is 5.12. The van der Waals surface area contributed by atoms with Crippen molar-refractivity contribution in [2.75, 3.05) is 13.2 Å². The lowest BCUT2D eigenvalue weighted by molar-refractivity contribution is 0.262. The molecule has 0 N–H and O–H groups in total. The second-order valence-corrected chi connectivity index (χ2v) is 7.28. The fourth-order valence-electron chi connectivity index (χ4n) is 3.78. The minimum atomic E-state index is 0.161. The van der Waals surface area contributed by atoms with Gasteiger partial charge in [0.15, 0.2) is 5.82 Å². The van der Waals surface area contributed by atoms with E-state index in [0.717, 1.165) is 42.3 Å². The maximum atomic E-state index is 6.02. The molecule has 3 heterocycles. The number of rotatable bonds is 5. The summed E-state index contributed by atoms with van der Waals surface area (Å²) in [6, 6.07) is 21.3. The summed E-state index contributed by atoms with van der Waals surface area (Å²) in [7, 11) is 0. The molecular formula is C23H23N5O. The number of fused-ring (bicyclic) bond motifs is 3. The molecule has 0 saturated heterocycles. The molecule has 0 spiro atoms. The number of nitrogens with zero attached hydrogens (tertiary/aromatic N) is 5. The smallest absolute Gasteiger partial charge is 0.300 e. The molecule has 5 rings (SSSR count). The first-order valence-corrected chi connectivity index (χ1v) is 10.1. The standard InChI is InChI=1S/C23H23N5O/c1-2-13-29-23-26-22-20(15-24-28(22)19-11-7-4-8-12-19)21-25-18(16-27(21)23)14-17-9-5-3-6-10-17/h3-12,15,18H,2,13-14,16H2,1H3/t18-/m1/s1. The third-order valence-corrected chi connectivity index (χ3v) is 5.12. The third kappa shape index (κ3) is 3.31. The van der Waals surface area contributed by atoms with Crippen LogP contribution in [0.25, 0.3) is 5.69 Å². The highest BCUT2D eigenvalue weighted by atomic mass is 16.5. The van der Waals surface area contributed by atoms with Gasteiger partial charge in [-0.3, -0.25) is 9.89 Å². The molecule has 0 fully saturated rings. The SMILES string of the molecule is CCCOC1=Nc2c(cnn2-c2ccccc2)C2=N[C@H](Cc3ccccc3)CN12. The lowest BCUT2D eigenvalue weighted by Crippen LogP contribution is -2.40. The second kappa shape index (κ2) is 7.54. The van der Waals surface area contributed by atoms with Crippen LogP contribution in [0.2, 0.25) is 0 Å². The van der Waals surface area contributed by atoms with Crippen molar-refractivity contribution >= 4 is 17.7 Å². The number of hydrogen-bond donors (Lipinski definition) is 0. The van der Waals surface area contributed by atoms with Crippen molar-refractivity contribution in [2.45, 2.75) is 25.8 Å². The fourth-order valence-corrected chi connectivity index (χ4v) is 3.78. The van der Waals surface area contributed by atoms with Crippen molar-refractivity contribution in [1.82, 2.24) is 14.7 Å². The second-order valence-electron chi connectivity index (χ2n) is 7.28. The van der Waals surface area contributed by atoms with Gasteiger partial charge in [0.2, 0.25) is 0 Å².